The zero-order valence-corrected chi connectivity index (χ0v) is 35.3. The van der Waals surface area contributed by atoms with Gasteiger partial charge in [0.15, 0.2) is 0 Å². The van der Waals surface area contributed by atoms with Crippen LogP contribution in [0.1, 0.15) is 0 Å². The Balaban J connectivity index is 1.05. The van der Waals surface area contributed by atoms with Crippen LogP contribution in [0.4, 0.5) is 0 Å². The molecular formula is C60H36N2OS. The molecule has 14 rings (SSSR count). The van der Waals surface area contributed by atoms with Crippen LogP contribution in [0.2, 0.25) is 0 Å². The molecule has 0 saturated heterocycles. The van der Waals surface area contributed by atoms with Crippen molar-refractivity contribution in [2.45, 2.75) is 0 Å². The lowest BCUT2D eigenvalue weighted by atomic mass is 9.91. The minimum atomic E-state index is 0.894. The summed E-state index contributed by atoms with van der Waals surface area (Å²) in [5, 5.41) is 9.78. The highest BCUT2D eigenvalue weighted by molar-refractivity contribution is 7.26. The van der Waals surface area contributed by atoms with E-state index in [2.05, 4.69) is 215 Å². The number of aromatic nitrogens is 2. The molecule has 0 spiro atoms. The molecule has 0 saturated carbocycles. The van der Waals surface area contributed by atoms with Crippen molar-refractivity contribution in [2.75, 3.05) is 0 Å². The van der Waals surface area contributed by atoms with Crippen LogP contribution < -0.4 is 0 Å². The SMILES string of the molecule is c1ccc(-n2c3ccccc3c3cccc(-c4cc(-c5ccc6c7ccccc7n(-c7ccc8oc9ccccc9c8c7)c6c5)cc(-c5cccc6c5sc5ccccc56)c4)c32)cc1. The number of benzene rings is 10. The molecule has 0 radical (unpaired) electrons. The van der Waals surface area contributed by atoms with Gasteiger partial charge in [-0.25, -0.2) is 0 Å². The van der Waals surface area contributed by atoms with E-state index in [1.54, 1.807) is 0 Å². The minimum Gasteiger partial charge on any atom is -0.456 e. The Hall–Kier alpha value is -8.18. The van der Waals surface area contributed by atoms with Crippen molar-refractivity contribution in [3.63, 3.8) is 0 Å². The van der Waals surface area contributed by atoms with Crippen LogP contribution in [0.15, 0.2) is 223 Å². The fourth-order valence-electron chi connectivity index (χ4n) is 10.5. The molecule has 64 heavy (non-hydrogen) atoms. The zero-order valence-electron chi connectivity index (χ0n) is 34.5. The molecule has 0 amide bonds. The summed E-state index contributed by atoms with van der Waals surface area (Å²) in [7, 11) is 0. The van der Waals surface area contributed by atoms with Crippen molar-refractivity contribution < 1.29 is 4.42 Å². The molecule has 0 fully saturated rings. The number of fused-ring (bicyclic) bond motifs is 12. The van der Waals surface area contributed by atoms with E-state index in [0.29, 0.717) is 0 Å². The Morgan fingerprint density at radius 2 is 0.922 bits per heavy atom. The molecule has 4 heteroatoms. The molecule has 4 heterocycles. The van der Waals surface area contributed by atoms with Crippen LogP contribution in [0.5, 0.6) is 0 Å². The summed E-state index contributed by atoms with van der Waals surface area (Å²) >= 11 is 1.88. The standard InChI is InChI=1S/C60H36N2OS/c1-2-14-41(15-3-1)62-54-25-9-5-17-46(54)50-22-12-20-43(59(50)62)39-32-38(33-40(34-39)44-21-13-23-51-49-19-7-11-27-58(49)64-60(44)51)37-28-30-47-45-16-4-8-24-53(45)61(55(47)35-37)42-29-31-57-52(36-42)48-18-6-10-26-56(48)63-57/h1-36H. The van der Waals surface area contributed by atoms with E-state index in [-0.39, 0.29) is 0 Å². The van der Waals surface area contributed by atoms with Crippen molar-refractivity contribution >= 4 is 97.1 Å². The van der Waals surface area contributed by atoms with E-state index in [1.807, 2.05) is 23.5 Å². The fourth-order valence-corrected chi connectivity index (χ4v) is 11.7. The molecule has 0 unspecified atom stereocenters. The third-order valence-corrected chi connectivity index (χ3v) is 14.5. The Kier molecular flexibility index (Phi) is 7.56. The third-order valence-electron chi connectivity index (χ3n) is 13.3. The van der Waals surface area contributed by atoms with Gasteiger partial charge >= 0.3 is 0 Å². The second-order valence-electron chi connectivity index (χ2n) is 16.8. The van der Waals surface area contributed by atoms with Crippen LogP contribution in [0, 0.1) is 0 Å². The first-order valence-electron chi connectivity index (χ1n) is 21.8. The van der Waals surface area contributed by atoms with Gasteiger partial charge in [-0.05, 0) is 107 Å². The second-order valence-corrected chi connectivity index (χ2v) is 17.9. The first kappa shape index (κ1) is 35.4. The number of hydrogen-bond acceptors (Lipinski definition) is 2. The maximum absolute atomic E-state index is 6.28. The summed E-state index contributed by atoms with van der Waals surface area (Å²) in [5.41, 5.74) is 15.9. The Morgan fingerprint density at radius 1 is 0.312 bits per heavy atom. The van der Waals surface area contributed by atoms with Crippen LogP contribution >= 0.6 is 11.3 Å². The highest BCUT2D eigenvalue weighted by Gasteiger charge is 2.20. The summed E-state index contributed by atoms with van der Waals surface area (Å²) < 4.78 is 13.8. The quantitative estimate of drug-likeness (QED) is 0.169. The molecule has 4 aromatic heterocycles. The van der Waals surface area contributed by atoms with Gasteiger partial charge in [0.25, 0.3) is 0 Å². The molecule has 0 aliphatic carbocycles. The van der Waals surface area contributed by atoms with Crippen molar-refractivity contribution in [1.29, 1.82) is 0 Å². The van der Waals surface area contributed by atoms with E-state index in [4.69, 9.17) is 4.42 Å². The minimum absolute atomic E-state index is 0.894. The Bertz CT molecular complexity index is 4200. The summed E-state index contributed by atoms with van der Waals surface area (Å²) in [6.45, 7) is 0. The highest BCUT2D eigenvalue weighted by Crippen LogP contribution is 2.45. The number of furan rings is 1. The normalized spacial score (nSPS) is 12.1. The van der Waals surface area contributed by atoms with E-state index in [0.717, 1.165) is 44.4 Å². The number of thiophene rings is 1. The van der Waals surface area contributed by atoms with E-state index in [1.165, 1.54) is 86.1 Å². The van der Waals surface area contributed by atoms with Gasteiger partial charge in [-0.2, -0.15) is 0 Å². The van der Waals surface area contributed by atoms with Gasteiger partial charge in [0, 0.05) is 69.4 Å². The van der Waals surface area contributed by atoms with Crippen molar-refractivity contribution in [3.05, 3.63) is 218 Å². The number of hydrogen-bond donors (Lipinski definition) is 0. The predicted molar refractivity (Wildman–Crippen MR) is 272 cm³/mol. The summed E-state index contributed by atoms with van der Waals surface area (Å²) in [5.74, 6) is 0. The molecule has 0 aliphatic rings. The smallest absolute Gasteiger partial charge is 0.135 e. The molecule has 0 bridgehead atoms. The molecule has 0 atom stereocenters. The van der Waals surface area contributed by atoms with E-state index >= 15 is 0 Å². The average molecular weight is 833 g/mol. The Morgan fingerprint density at radius 3 is 1.77 bits per heavy atom. The highest BCUT2D eigenvalue weighted by atomic mass is 32.1. The van der Waals surface area contributed by atoms with E-state index < -0.39 is 0 Å². The lowest BCUT2D eigenvalue weighted by Crippen LogP contribution is -1.96. The molecule has 3 nitrogen and oxygen atoms in total. The first-order chi connectivity index (χ1) is 31.7. The predicted octanol–water partition coefficient (Wildman–Crippen LogP) is 17.1. The topological polar surface area (TPSA) is 23.0 Å². The van der Waals surface area contributed by atoms with Crippen LogP contribution in [-0.4, -0.2) is 9.13 Å². The van der Waals surface area contributed by atoms with Gasteiger partial charge in [0.1, 0.15) is 11.2 Å². The number of para-hydroxylation sites is 5. The van der Waals surface area contributed by atoms with Crippen LogP contribution in [0.25, 0.3) is 130 Å². The zero-order chi connectivity index (χ0) is 41.9. The lowest BCUT2D eigenvalue weighted by molar-refractivity contribution is 0.669. The molecule has 14 aromatic rings. The summed E-state index contributed by atoms with van der Waals surface area (Å²) in [6, 6.07) is 80.0. The molecule has 0 aliphatic heterocycles. The van der Waals surface area contributed by atoms with Crippen molar-refractivity contribution in [3.8, 4) is 44.8 Å². The fraction of sp³-hybridized carbons (Fsp3) is 0. The van der Waals surface area contributed by atoms with Gasteiger partial charge in [-0.3, -0.25) is 0 Å². The summed E-state index contributed by atoms with van der Waals surface area (Å²) in [4.78, 5) is 0. The van der Waals surface area contributed by atoms with Crippen LogP contribution in [0.3, 0.4) is 0 Å². The van der Waals surface area contributed by atoms with Crippen LogP contribution in [-0.2, 0) is 0 Å². The second kappa shape index (κ2) is 13.7. The average Bonchev–Trinajstić information content (AvgIpc) is 4.11. The maximum atomic E-state index is 6.28. The first-order valence-corrected chi connectivity index (χ1v) is 22.6. The molecule has 298 valence electrons. The van der Waals surface area contributed by atoms with Gasteiger partial charge < -0.3 is 13.6 Å². The van der Waals surface area contributed by atoms with Gasteiger partial charge in [-0.15, -0.1) is 11.3 Å². The van der Waals surface area contributed by atoms with E-state index in [9.17, 15) is 0 Å². The molecular weight excluding hydrogens is 797 g/mol. The Labute approximate surface area is 371 Å². The summed E-state index contributed by atoms with van der Waals surface area (Å²) in [6.07, 6.45) is 0. The number of rotatable bonds is 5. The third kappa shape index (κ3) is 5.21. The monoisotopic (exact) mass is 832 g/mol. The maximum Gasteiger partial charge on any atom is 0.135 e. The van der Waals surface area contributed by atoms with Gasteiger partial charge in [0.05, 0.1) is 22.1 Å². The molecule has 10 aromatic carbocycles. The molecule has 0 N–H and O–H groups in total. The largest absolute Gasteiger partial charge is 0.456 e. The van der Waals surface area contributed by atoms with Gasteiger partial charge in [-0.1, -0.05) is 140 Å². The van der Waals surface area contributed by atoms with Gasteiger partial charge in [0.2, 0.25) is 0 Å². The van der Waals surface area contributed by atoms with Crippen molar-refractivity contribution in [1.82, 2.24) is 9.13 Å². The number of nitrogens with zero attached hydrogens (tertiary/aromatic N) is 2. The lowest BCUT2D eigenvalue weighted by Gasteiger charge is -2.15. The van der Waals surface area contributed by atoms with Crippen molar-refractivity contribution in [2.24, 2.45) is 0 Å².